The predicted molar refractivity (Wildman–Crippen MR) is 233 cm³/mol. The van der Waals surface area contributed by atoms with E-state index in [1.165, 1.54) is 26.6 Å². The zero-order chi connectivity index (χ0) is 37.0. The molecule has 0 N–H and O–H groups in total. The van der Waals surface area contributed by atoms with Crippen molar-refractivity contribution in [3.8, 4) is 67.5 Å². The van der Waals surface area contributed by atoms with E-state index >= 15 is 0 Å². The summed E-state index contributed by atoms with van der Waals surface area (Å²) in [6, 6.07) is 65.6. The van der Waals surface area contributed by atoms with Crippen LogP contribution < -0.4 is 0 Å². The quantitative estimate of drug-likeness (QED) is 0.171. The van der Waals surface area contributed by atoms with Crippen molar-refractivity contribution in [2.45, 2.75) is 0 Å². The summed E-state index contributed by atoms with van der Waals surface area (Å²) in [5.74, 6) is 1.80. The Morgan fingerprint density at radius 2 is 0.839 bits per heavy atom. The third-order valence-electron chi connectivity index (χ3n) is 10.6. The van der Waals surface area contributed by atoms with E-state index in [0.717, 1.165) is 65.6 Å². The molecule has 0 atom stereocenters. The van der Waals surface area contributed by atoms with E-state index in [1.807, 2.05) is 36.4 Å². The fourth-order valence-electron chi connectivity index (χ4n) is 7.91. The average molecular weight is 734 g/mol. The minimum absolute atomic E-state index is 0.564. The first kappa shape index (κ1) is 32.2. The van der Waals surface area contributed by atoms with Crippen LogP contribution in [0.1, 0.15) is 0 Å². The molecule has 8 aromatic carbocycles. The lowest BCUT2D eigenvalue weighted by atomic mass is 9.93. The Labute approximate surface area is 327 Å². The van der Waals surface area contributed by atoms with Gasteiger partial charge in [-0.1, -0.05) is 164 Å². The van der Waals surface area contributed by atoms with Crippen LogP contribution in [0.25, 0.3) is 110 Å². The largest absolute Gasteiger partial charge is 0.455 e. The molecule has 0 radical (unpaired) electrons. The molecule has 5 heteroatoms. The van der Waals surface area contributed by atoms with E-state index in [0.29, 0.717) is 17.5 Å². The number of benzene rings is 8. The molecule has 0 amide bonds. The maximum atomic E-state index is 6.97. The smallest absolute Gasteiger partial charge is 0.167 e. The van der Waals surface area contributed by atoms with E-state index in [1.54, 1.807) is 11.3 Å². The lowest BCUT2D eigenvalue weighted by Crippen LogP contribution is -2.00. The van der Waals surface area contributed by atoms with E-state index in [9.17, 15) is 0 Å². The second kappa shape index (κ2) is 13.3. The Hall–Kier alpha value is -7.21. The Bertz CT molecular complexity index is 3240. The summed E-state index contributed by atoms with van der Waals surface area (Å²) < 4.78 is 9.33. The number of fused-ring (bicyclic) bond motifs is 6. The molecular formula is C51H31N3OS. The molecular weight excluding hydrogens is 703 g/mol. The average Bonchev–Trinajstić information content (AvgIpc) is 3.86. The van der Waals surface area contributed by atoms with E-state index < -0.39 is 0 Å². The third kappa shape index (κ3) is 5.40. The van der Waals surface area contributed by atoms with Crippen LogP contribution in [0, 0.1) is 0 Å². The normalized spacial score (nSPS) is 11.6. The van der Waals surface area contributed by atoms with Gasteiger partial charge in [-0.15, -0.1) is 11.3 Å². The van der Waals surface area contributed by atoms with Gasteiger partial charge in [-0.3, -0.25) is 0 Å². The summed E-state index contributed by atoms with van der Waals surface area (Å²) in [4.78, 5) is 15.6. The molecule has 3 aromatic heterocycles. The highest BCUT2D eigenvalue weighted by Gasteiger charge is 2.21. The zero-order valence-corrected chi connectivity index (χ0v) is 30.9. The summed E-state index contributed by atoms with van der Waals surface area (Å²) in [5.41, 5.74) is 11.2. The number of para-hydroxylation sites is 2. The Balaban J connectivity index is 1.11. The molecule has 0 aliphatic rings. The molecule has 0 saturated heterocycles. The highest BCUT2D eigenvalue weighted by atomic mass is 32.1. The second-order valence-corrected chi connectivity index (χ2v) is 15.0. The van der Waals surface area contributed by atoms with Gasteiger partial charge in [0.25, 0.3) is 0 Å². The molecule has 4 nitrogen and oxygen atoms in total. The maximum Gasteiger partial charge on any atom is 0.167 e. The van der Waals surface area contributed by atoms with Gasteiger partial charge in [0.15, 0.2) is 17.5 Å². The van der Waals surface area contributed by atoms with Crippen LogP contribution in [0.2, 0.25) is 0 Å². The standard InChI is InChI=1S/C51H31N3OS/c1-4-15-32(16-5-1)35-29-30-45-44(31-35)41-26-14-28-43(48(41)56-45)51-53-49(34-19-8-3-9-20-34)52-50(54-51)42-27-13-25-40-39-24-12-23-38(46(39)55-47(40)42)37-22-11-10-21-36(37)33-17-6-2-7-18-33/h1-31H. The van der Waals surface area contributed by atoms with E-state index in [4.69, 9.17) is 19.4 Å². The predicted octanol–water partition coefficient (Wildman–Crippen LogP) is 14.1. The zero-order valence-electron chi connectivity index (χ0n) is 30.1. The van der Waals surface area contributed by atoms with Crippen LogP contribution in [-0.2, 0) is 0 Å². The Morgan fingerprint density at radius 3 is 1.55 bits per heavy atom. The van der Waals surface area contributed by atoms with Crippen LogP contribution in [0.5, 0.6) is 0 Å². The van der Waals surface area contributed by atoms with Crippen LogP contribution in [0.15, 0.2) is 192 Å². The van der Waals surface area contributed by atoms with Gasteiger partial charge in [-0.05, 0) is 52.1 Å². The van der Waals surface area contributed by atoms with Gasteiger partial charge in [-0.25, -0.2) is 15.0 Å². The first-order valence-electron chi connectivity index (χ1n) is 18.7. The van der Waals surface area contributed by atoms with Crippen LogP contribution in [0.4, 0.5) is 0 Å². The molecule has 0 spiro atoms. The van der Waals surface area contributed by atoms with Crippen LogP contribution in [0.3, 0.4) is 0 Å². The summed E-state index contributed by atoms with van der Waals surface area (Å²) in [6.07, 6.45) is 0. The lowest BCUT2D eigenvalue weighted by Gasteiger charge is -2.10. The van der Waals surface area contributed by atoms with Gasteiger partial charge in [0.2, 0.25) is 0 Å². The minimum atomic E-state index is 0.564. The Morgan fingerprint density at radius 1 is 0.321 bits per heavy atom. The number of hydrogen-bond donors (Lipinski definition) is 0. The second-order valence-electron chi connectivity index (χ2n) is 13.9. The van der Waals surface area contributed by atoms with Crippen molar-refractivity contribution in [2.24, 2.45) is 0 Å². The van der Waals surface area contributed by atoms with Crippen molar-refractivity contribution in [1.82, 2.24) is 15.0 Å². The SMILES string of the molecule is c1ccc(-c2ccc3sc4c(-c5nc(-c6ccccc6)nc(-c6cccc7c6oc6c(-c8ccccc8-c8ccccc8)cccc67)n5)cccc4c3c2)cc1. The molecule has 262 valence electrons. The molecule has 0 aliphatic heterocycles. The van der Waals surface area contributed by atoms with Crippen LogP contribution >= 0.6 is 11.3 Å². The molecule has 56 heavy (non-hydrogen) atoms. The van der Waals surface area contributed by atoms with Crippen molar-refractivity contribution in [3.05, 3.63) is 188 Å². The van der Waals surface area contributed by atoms with Crippen molar-refractivity contribution < 1.29 is 4.42 Å². The summed E-state index contributed by atoms with van der Waals surface area (Å²) in [6.45, 7) is 0. The highest BCUT2D eigenvalue weighted by Crippen LogP contribution is 2.44. The maximum absolute atomic E-state index is 6.97. The first-order chi connectivity index (χ1) is 27.8. The number of hydrogen-bond acceptors (Lipinski definition) is 5. The fourth-order valence-corrected chi connectivity index (χ4v) is 9.11. The van der Waals surface area contributed by atoms with Crippen molar-refractivity contribution in [1.29, 1.82) is 0 Å². The van der Waals surface area contributed by atoms with Gasteiger partial charge < -0.3 is 4.42 Å². The van der Waals surface area contributed by atoms with E-state index in [-0.39, 0.29) is 0 Å². The van der Waals surface area contributed by atoms with Gasteiger partial charge >= 0.3 is 0 Å². The van der Waals surface area contributed by atoms with Gasteiger partial charge in [0, 0.05) is 47.6 Å². The number of aromatic nitrogens is 3. The number of rotatable bonds is 6. The topological polar surface area (TPSA) is 51.8 Å². The molecule has 11 rings (SSSR count). The van der Waals surface area contributed by atoms with Crippen molar-refractivity contribution in [2.75, 3.05) is 0 Å². The van der Waals surface area contributed by atoms with Gasteiger partial charge in [-0.2, -0.15) is 0 Å². The third-order valence-corrected chi connectivity index (χ3v) is 11.8. The molecule has 0 unspecified atom stereocenters. The highest BCUT2D eigenvalue weighted by molar-refractivity contribution is 7.26. The molecule has 11 aromatic rings. The summed E-state index contributed by atoms with van der Waals surface area (Å²) in [5, 5.41) is 4.47. The monoisotopic (exact) mass is 733 g/mol. The van der Waals surface area contributed by atoms with Gasteiger partial charge in [0.1, 0.15) is 11.2 Å². The number of thiophene rings is 1. The van der Waals surface area contributed by atoms with Crippen LogP contribution in [-0.4, -0.2) is 15.0 Å². The molecule has 0 fully saturated rings. The molecule has 0 bridgehead atoms. The Kier molecular flexibility index (Phi) is 7.64. The van der Waals surface area contributed by atoms with E-state index in [2.05, 4.69) is 152 Å². The lowest BCUT2D eigenvalue weighted by molar-refractivity contribution is 0.670. The number of nitrogens with zero attached hydrogens (tertiary/aromatic N) is 3. The molecule has 0 saturated carbocycles. The first-order valence-corrected chi connectivity index (χ1v) is 19.5. The fraction of sp³-hybridized carbons (Fsp3) is 0. The van der Waals surface area contributed by atoms with Gasteiger partial charge in [0.05, 0.1) is 5.56 Å². The molecule has 3 heterocycles. The van der Waals surface area contributed by atoms with Crippen molar-refractivity contribution in [3.63, 3.8) is 0 Å². The molecule has 0 aliphatic carbocycles. The number of furan rings is 1. The minimum Gasteiger partial charge on any atom is -0.455 e. The summed E-state index contributed by atoms with van der Waals surface area (Å²) >= 11 is 1.78. The summed E-state index contributed by atoms with van der Waals surface area (Å²) in [7, 11) is 0. The van der Waals surface area contributed by atoms with Crippen molar-refractivity contribution >= 4 is 53.4 Å².